The highest BCUT2D eigenvalue weighted by Gasteiger charge is 2.33. The average molecular weight is 282 g/mol. The van der Waals surface area contributed by atoms with Crippen molar-refractivity contribution in [1.29, 1.82) is 0 Å². The molecule has 113 valence electrons. The van der Waals surface area contributed by atoms with Gasteiger partial charge in [-0.2, -0.15) is 0 Å². The van der Waals surface area contributed by atoms with Crippen LogP contribution in [0.15, 0.2) is 30.0 Å². The Kier molecular flexibility index (Phi) is 4.67. The molecule has 1 aliphatic heterocycles. The molecule has 0 N–H and O–H groups in total. The Morgan fingerprint density at radius 2 is 2.05 bits per heavy atom. The molecule has 0 fully saturated rings. The number of benzene rings is 1. The second-order valence-corrected chi connectivity index (χ2v) is 6.82. The number of allylic oxidation sites excluding steroid dienone is 2. The molecule has 0 saturated heterocycles. The summed E-state index contributed by atoms with van der Waals surface area (Å²) in [4.78, 5) is 0. The summed E-state index contributed by atoms with van der Waals surface area (Å²) in [5.74, 6) is 1.48. The van der Waals surface area contributed by atoms with Crippen molar-refractivity contribution < 1.29 is 0 Å². The van der Waals surface area contributed by atoms with Gasteiger partial charge in [-0.3, -0.25) is 5.32 Å². The summed E-state index contributed by atoms with van der Waals surface area (Å²) in [6.45, 7) is 4.74. The van der Waals surface area contributed by atoms with E-state index in [9.17, 15) is 0 Å². The molecular weight excluding hydrogens is 254 g/mol. The third kappa shape index (κ3) is 3.02. The van der Waals surface area contributed by atoms with E-state index in [1.807, 2.05) is 0 Å². The van der Waals surface area contributed by atoms with Crippen molar-refractivity contribution in [2.75, 3.05) is 0 Å². The highest BCUT2D eigenvalue weighted by atomic mass is 14.9. The van der Waals surface area contributed by atoms with Gasteiger partial charge in [0.05, 0.1) is 5.69 Å². The number of unbranched alkanes of at least 4 members (excludes halogenated alkanes) is 3. The number of nitrogens with zero attached hydrogens (tertiary/aromatic N) is 1. The highest BCUT2D eigenvalue weighted by molar-refractivity contribution is 5.82. The van der Waals surface area contributed by atoms with Crippen LogP contribution in [0.3, 0.4) is 0 Å². The van der Waals surface area contributed by atoms with Crippen molar-refractivity contribution in [3.63, 3.8) is 0 Å². The van der Waals surface area contributed by atoms with Crippen LogP contribution in [0.2, 0.25) is 0 Å². The van der Waals surface area contributed by atoms with E-state index in [0.29, 0.717) is 5.92 Å². The van der Waals surface area contributed by atoms with Gasteiger partial charge >= 0.3 is 0 Å². The second-order valence-electron chi connectivity index (χ2n) is 6.82. The normalized spacial score (nSPS) is 21.7. The monoisotopic (exact) mass is 282 g/mol. The molecule has 2 atom stereocenters. The van der Waals surface area contributed by atoms with E-state index in [-0.39, 0.29) is 0 Å². The van der Waals surface area contributed by atoms with Gasteiger partial charge in [-0.05, 0) is 36.8 Å². The average Bonchev–Trinajstić information content (AvgIpc) is 2.90. The third-order valence-corrected chi connectivity index (χ3v) is 5.27. The van der Waals surface area contributed by atoms with Gasteiger partial charge in [0.1, 0.15) is 0 Å². The number of fused-ring (bicyclic) bond motifs is 2. The van der Waals surface area contributed by atoms with Crippen molar-refractivity contribution in [3.05, 3.63) is 35.5 Å². The molecule has 1 radical (unpaired) electrons. The van der Waals surface area contributed by atoms with Crippen molar-refractivity contribution in [3.8, 4) is 0 Å². The van der Waals surface area contributed by atoms with Gasteiger partial charge in [-0.1, -0.05) is 64.2 Å². The standard InChI is InChI=1S/C20H28N/c1-3-4-5-6-10-15(2)16-12-9-13-18-17-11-7-8-14-19(17)21-20(16)18/h7-8,11,14-16H,3-6,9-10,12-13H2,1-2H3. The molecule has 1 aromatic carbocycles. The zero-order chi connectivity index (χ0) is 14.7. The summed E-state index contributed by atoms with van der Waals surface area (Å²) in [5.41, 5.74) is 5.62. The molecule has 2 unspecified atom stereocenters. The van der Waals surface area contributed by atoms with Crippen LogP contribution in [0.4, 0.5) is 5.69 Å². The molecule has 0 amide bonds. The number of hydrogen-bond donors (Lipinski definition) is 0. The van der Waals surface area contributed by atoms with Gasteiger partial charge in [0.15, 0.2) is 0 Å². The van der Waals surface area contributed by atoms with Crippen molar-refractivity contribution in [1.82, 2.24) is 5.32 Å². The second kappa shape index (κ2) is 6.68. The van der Waals surface area contributed by atoms with Gasteiger partial charge in [0.25, 0.3) is 0 Å². The van der Waals surface area contributed by atoms with E-state index in [0.717, 1.165) is 5.92 Å². The molecule has 3 rings (SSSR count). The smallest absolute Gasteiger partial charge is 0.0708 e. The number of rotatable bonds is 6. The van der Waals surface area contributed by atoms with Crippen LogP contribution in [0.5, 0.6) is 0 Å². The lowest BCUT2D eigenvalue weighted by Gasteiger charge is -2.29. The lowest BCUT2D eigenvalue weighted by molar-refractivity contribution is 0.330. The lowest BCUT2D eigenvalue weighted by atomic mass is 9.77. The zero-order valence-corrected chi connectivity index (χ0v) is 13.6. The Hall–Kier alpha value is -1.24. The molecule has 2 aliphatic rings. The highest BCUT2D eigenvalue weighted by Crippen LogP contribution is 2.47. The first-order valence-corrected chi connectivity index (χ1v) is 8.85. The quantitative estimate of drug-likeness (QED) is 0.563. The van der Waals surface area contributed by atoms with Crippen molar-refractivity contribution in [2.24, 2.45) is 11.8 Å². The zero-order valence-electron chi connectivity index (χ0n) is 13.6. The van der Waals surface area contributed by atoms with Crippen LogP contribution in [0.1, 0.15) is 70.8 Å². The molecule has 1 heteroatoms. The van der Waals surface area contributed by atoms with E-state index in [4.69, 9.17) is 5.32 Å². The molecule has 0 aromatic heterocycles. The van der Waals surface area contributed by atoms with E-state index < -0.39 is 0 Å². The Labute approximate surface area is 129 Å². The Balaban J connectivity index is 1.69. The molecule has 0 saturated carbocycles. The maximum absolute atomic E-state index is 5.00. The van der Waals surface area contributed by atoms with E-state index >= 15 is 0 Å². The van der Waals surface area contributed by atoms with Crippen LogP contribution in [-0.2, 0) is 0 Å². The predicted octanol–water partition coefficient (Wildman–Crippen LogP) is 6.05. The minimum absolute atomic E-state index is 0.697. The number of para-hydroxylation sites is 1. The van der Waals surface area contributed by atoms with Crippen LogP contribution in [-0.4, -0.2) is 0 Å². The molecule has 1 heterocycles. The van der Waals surface area contributed by atoms with Gasteiger partial charge < -0.3 is 0 Å². The first kappa shape index (κ1) is 14.7. The summed E-state index contributed by atoms with van der Waals surface area (Å²) in [7, 11) is 0. The first-order valence-electron chi connectivity index (χ1n) is 8.85. The Morgan fingerprint density at radius 1 is 1.19 bits per heavy atom. The molecular formula is C20H28N. The van der Waals surface area contributed by atoms with E-state index in [1.165, 1.54) is 68.3 Å². The summed E-state index contributed by atoms with van der Waals surface area (Å²) in [6.07, 6.45) is 10.8. The summed E-state index contributed by atoms with van der Waals surface area (Å²) in [5, 5.41) is 5.00. The third-order valence-electron chi connectivity index (χ3n) is 5.27. The maximum atomic E-state index is 5.00. The number of hydrogen-bond acceptors (Lipinski definition) is 0. The Morgan fingerprint density at radius 3 is 2.90 bits per heavy atom. The van der Waals surface area contributed by atoms with Gasteiger partial charge in [-0.15, -0.1) is 0 Å². The lowest BCUT2D eigenvalue weighted by Crippen LogP contribution is -2.21. The largest absolute Gasteiger partial charge is 0.252 e. The van der Waals surface area contributed by atoms with Crippen molar-refractivity contribution in [2.45, 2.75) is 65.2 Å². The first-order chi connectivity index (χ1) is 10.3. The summed E-state index contributed by atoms with van der Waals surface area (Å²) >= 11 is 0. The topological polar surface area (TPSA) is 14.1 Å². The fourth-order valence-electron chi connectivity index (χ4n) is 4.01. The minimum Gasteiger partial charge on any atom is -0.252 e. The van der Waals surface area contributed by atoms with Crippen molar-refractivity contribution >= 4 is 11.3 Å². The fourth-order valence-corrected chi connectivity index (χ4v) is 4.01. The van der Waals surface area contributed by atoms with Gasteiger partial charge in [-0.25, -0.2) is 0 Å². The minimum atomic E-state index is 0.697. The predicted molar refractivity (Wildman–Crippen MR) is 90.4 cm³/mol. The SMILES string of the molecule is CCCCCCC(C)C1CCCC2=C1[N]c1ccccc12. The Bertz CT molecular complexity index is 514. The van der Waals surface area contributed by atoms with Crippen LogP contribution < -0.4 is 5.32 Å². The summed E-state index contributed by atoms with van der Waals surface area (Å²) in [6, 6.07) is 8.71. The summed E-state index contributed by atoms with van der Waals surface area (Å²) < 4.78 is 0. The fraction of sp³-hybridized carbons (Fsp3) is 0.600. The molecule has 1 aliphatic carbocycles. The molecule has 1 nitrogen and oxygen atoms in total. The maximum Gasteiger partial charge on any atom is 0.0708 e. The van der Waals surface area contributed by atoms with Gasteiger partial charge in [0.2, 0.25) is 0 Å². The molecule has 0 spiro atoms. The molecule has 0 bridgehead atoms. The van der Waals surface area contributed by atoms with Crippen LogP contribution >= 0.6 is 0 Å². The van der Waals surface area contributed by atoms with Crippen LogP contribution in [0.25, 0.3) is 5.57 Å². The van der Waals surface area contributed by atoms with E-state index in [1.54, 1.807) is 5.57 Å². The van der Waals surface area contributed by atoms with Crippen LogP contribution in [0, 0.1) is 11.8 Å². The van der Waals surface area contributed by atoms with E-state index in [2.05, 4.69) is 38.1 Å². The van der Waals surface area contributed by atoms with Gasteiger partial charge in [0, 0.05) is 17.2 Å². The molecule has 1 aromatic rings. The molecule has 21 heavy (non-hydrogen) atoms.